The van der Waals surface area contributed by atoms with Gasteiger partial charge in [-0.25, -0.2) is 4.90 Å². The summed E-state index contributed by atoms with van der Waals surface area (Å²) in [5.74, 6) is 0.470. The van der Waals surface area contributed by atoms with Gasteiger partial charge in [-0.15, -0.1) is 6.58 Å². The molecule has 1 saturated heterocycles. The van der Waals surface area contributed by atoms with E-state index in [4.69, 9.17) is 4.74 Å². The Hall–Kier alpha value is -3.57. The van der Waals surface area contributed by atoms with Crippen molar-refractivity contribution in [3.05, 3.63) is 113 Å². The fourth-order valence-corrected chi connectivity index (χ4v) is 4.37. The number of carbonyl (C=O) groups excluding carboxylic acids is 2. The van der Waals surface area contributed by atoms with E-state index in [0.29, 0.717) is 23.6 Å². The molecule has 3 aromatic carbocycles. The number of anilines is 1. The van der Waals surface area contributed by atoms with Gasteiger partial charge in [0.05, 0.1) is 10.6 Å². The second-order valence-corrected chi connectivity index (χ2v) is 8.48. The van der Waals surface area contributed by atoms with Crippen molar-refractivity contribution in [2.75, 3.05) is 4.90 Å². The standard InChI is InChI=1S/C27H23NO3S/c1-3-8-22-16-20(13-14-24(22)31-18-21-10-7-9-19(2)15-21)17-25-26(29)28(27(30)32-25)23-11-5-4-6-12-23/h3-7,9-17H,1,8,18H2,2H3/b25-17-. The molecule has 0 unspecified atom stereocenters. The summed E-state index contributed by atoms with van der Waals surface area (Å²) in [4.78, 5) is 26.9. The van der Waals surface area contributed by atoms with E-state index in [0.717, 1.165) is 34.2 Å². The average molecular weight is 442 g/mol. The van der Waals surface area contributed by atoms with Crippen LogP contribution in [0.1, 0.15) is 22.3 Å². The molecule has 2 amide bonds. The molecular formula is C27H23NO3S. The van der Waals surface area contributed by atoms with Gasteiger partial charge >= 0.3 is 0 Å². The van der Waals surface area contributed by atoms with E-state index in [-0.39, 0.29) is 11.1 Å². The molecule has 4 nitrogen and oxygen atoms in total. The molecule has 0 radical (unpaired) electrons. The Morgan fingerprint density at radius 3 is 2.56 bits per heavy atom. The van der Waals surface area contributed by atoms with Gasteiger partial charge in [-0.3, -0.25) is 9.59 Å². The average Bonchev–Trinajstić information content (AvgIpc) is 3.07. The Kier molecular flexibility index (Phi) is 6.57. The summed E-state index contributed by atoms with van der Waals surface area (Å²) in [6, 6.07) is 23.0. The van der Waals surface area contributed by atoms with Crippen LogP contribution < -0.4 is 9.64 Å². The number of thioether (sulfide) groups is 1. The van der Waals surface area contributed by atoms with Gasteiger partial charge in [-0.05, 0) is 72.1 Å². The van der Waals surface area contributed by atoms with Crippen LogP contribution in [0.3, 0.4) is 0 Å². The third kappa shape index (κ3) is 4.84. The molecule has 4 rings (SSSR count). The molecule has 0 aliphatic carbocycles. The first kappa shape index (κ1) is 21.7. The molecule has 5 heteroatoms. The van der Waals surface area contributed by atoms with E-state index in [9.17, 15) is 9.59 Å². The molecule has 1 aliphatic rings. The van der Waals surface area contributed by atoms with Crippen LogP contribution in [-0.2, 0) is 17.8 Å². The first-order valence-corrected chi connectivity index (χ1v) is 11.1. The Bertz CT molecular complexity index is 1200. The fourth-order valence-electron chi connectivity index (χ4n) is 3.53. The molecule has 0 spiro atoms. The van der Waals surface area contributed by atoms with Crippen molar-refractivity contribution in [3.8, 4) is 5.75 Å². The quantitative estimate of drug-likeness (QED) is 0.308. The molecule has 1 aliphatic heterocycles. The predicted molar refractivity (Wildman–Crippen MR) is 131 cm³/mol. The number of allylic oxidation sites excluding steroid dienone is 1. The number of hydrogen-bond donors (Lipinski definition) is 0. The van der Waals surface area contributed by atoms with Crippen molar-refractivity contribution in [1.82, 2.24) is 0 Å². The Labute approximate surface area is 192 Å². The van der Waals surface area contributed by atoms with Gasteiger partial charge in [0.1, 0.15) is 12.4 Å². The number of para-hydroxylation sites is 1. The van der Waals surface area contributed by atoms with E-state index in [2.05, 4.69) is 25.6 Å². The van der Waals surface area contributed by atoms with Gasteiger partial charge in [-0.1, -0.05) is 60.2 Å². The lowest BCUT2D eigenvalue weighted by molar-refractivity contribution is -0.113. The van der Waals surface area contributed by atoms with Gasteiger partial charge in [0.15, 0.2) is 0 Å². The normalized spacial score (nSPS) is 14.8. The van der Waals surface area contributed by atoms with E-state index in [1.807, 2.05) is 42.5 Å². The third-order valence-electron chi connectivity index (χ3n) is 5.03. The van der Waals surface area contributed by atoms with E-state index < -0.39 is 0 Å². The van der Waals surface area contributed by atoms with Crippen LogP contribution in [0.4, 0.5) is 10.5 Å². The highest BCUT2D eigenvalue weighted by atomic mass is 32.2. The number of rotatable bonds is 7. The zero-order valence-electron chi connectivity index (χ0n) is 17.8. The van der Waals surface area contributed by atoms with Gasteiger partial charge in [0, 0.05) is 0 Å². The van der Waals surface area contributed by atoms with E-state index in [1.54, 1.807) is 30.3 Å². The molecule has 3 aromatic rings. The highest BCUT2D eigenvalue weighted by Crippen LogP contribution is 2.36. The third-order valence-corrected chi connectivity index (χ3v) is 5.90. The molecule has 1 fully saturated rings. The zero-order chi connectivity index (χ0) is 22.5. The van der Waals surface area contributed by atoms with E-state index in [1.165, 1.54) is 10.5 Å². The Morgan fingerprint density at radius 1 is 1.00 bits per heavy atom. The lowest BCUT2D eigenvalue weighted by atomic mass is 10.1. The first-order valence-electron chi connectivity index (χ1n) is 10.3. The van der Waals surface area contributed by atoms with Crippen LogP contribution >= 0.6 is 11.8 Å². The maximum absolute atomic E-state index is 12.9. The van der Waals surface area contributed by atoms with Crippen molar-refractivity contribution in [1.29, 1.82) is 0 Å². The van der Waals surface area contributed by atoms with Crippen LogP contribution in [0.25, 0.3) is 6.08 Å². The molecule has 0 atom stereocenters. The SMILES string of the molecule is C=CCc1cc(/C=C2\SC(=O)N(c3ccccc3)C2=O)ccc1OCc1cccc(C)c1. The summed E-state index contributed by atoms with van der Waals surface area (Å²) < 4.78 is 6.07. The van der Waals surface area contributed by atoms with Crippen LogP contribution in [0.15, 0.2) is 90.4 Å². The van der Waals surface area contributed by atoms with Crippen molar-refractivity contribution < 1.29 is 14.3 Å². The minimum absolute atomic E-state index is 0.295. The Balaban J connectivity index is 1.55. The van der Waals surface area contributed by atoms with Crippen molar-refractivity contribution in [2.24, 2.45) is 0 Å². The van der Waals surface area contributed by atoms with Crippen molar-refractivity contribution in [3.63, 3.8) is 0 Å². The molecule has 0 aromatic heterocycles. The van der Waals surface area contributed by atoms with Crippen LogP contribution in [-0.4, -0.2) is 11.1 Å². The zero-order valence-corrected chi connectivity index (χ0v) is 18.6. The molecule has 0 N–H and O–H groups in total. The maximum atomic E-state index is 12.9. The topological polar surface area (TPSA) is 46.6 Å². The summed E-state index contributed by atoms with van der Waals surface area (Å²) in [5.41, 5.74) is 4.68. The molecular weight excluding hydrogens is 418 g/mol. The number of ether oxygens (including phenoxy) is 1. The summed E-state index contributed by atoms with van der Waals surface area (Å²) in [7, 11) is 0. The smallest absolute Gasteiger partial charge is 0.298 e. The van der Waals surface area contributed by atoms with Gasteiger partial charge in [0.2, 0.25) is 0 Å². The highest BCUT2D eigenvalue weighted by Gasteiger charge is 2.36. The summed E-state index contributed by atoms with van der Waals surface area (Å²) in [6.45, 7) is 6.37. The van der Waals surface area contributed by atoms with Crippen LogP contribution in [0.2, 0.25) is 0 Å². The van der Waals surface area contributed by atoms with Crippen LogP contribution in [0.5, 0.6) is 5.75 Å². The fraction of sp³-hybridized carbons (Fsp3) is 0.111. The second kappa shape index (κ2) is 9.71. The van der Waals surface area contributed by atoms with Crippen LogP contribution in [0, 0.1) is 6.92 Å². The van der Waals surface area contributed by atoms with Gasteiger partial charge in [-0.2, -0.15) is 0 Å². The molecule has 160 valence electrons. The molecule has 0 saturated carbocycles. The summed E-state index contributed by atoms with van der Waals surface area (Å²) in [5, 5.41) is -0.295. The van der Waals surface area contributed by atoms with Crippen molar-refractivity contribution in [2.45, 2.75) is 20.0 Å². The molecule has 1 heterocycles. The minimum atomic E-state index is -0.309. The first-order chi connectivity index (χ1) is 15.5. The number of amides is 2. The second-order valence-electron chi connectivity index (χ2n) is 7.49. The number of imide groups is 1. The lowest BCUT2D eigenvalue weighted by Gasteiger charge is -2.12. The lowest BCUT2D eigenvalue weighted by Crippen LogP contribution is -2.27. The maximum Gasteiger partial charge on any atom is 0.298 e. The number of aryl methyl sites for hydroxylation is 1. The highest BCUT2D eigenvalue weighted by molar-refractivity contribution is 8.19. The molecule has 0 bridgehead atoms. The van der Waals surface area contributed by atoms with Gasteiger partial charge in [0.25, 0.3) is 11.1 Å². The monoisotopic (exact) mass is 441 g/mol. The number of benzene rings is 3. The number of hydrogen-bond acceptors (Lipinski definition) is 4. The van der Waals surface area contributed by atoms with E-state index >= 15 is 0 Å². The van der Waals surface area contributed by atoms with Gasteiger partial charge < -0.3 is 4.74 Å². The summed E-state index contributed by atoms with van der Waals surface area (Å²) >= 11 is 0.951. The Morgan fingerprint density at radius 2 is 1.81 bits per heavy atom. The summed E-state index contributed by atoms with van der Waals surface area (Å²) in [6.07, 6.45) is 4.21. The van der Waals surface area contributed by atoms with Crippen molar-refractivity contribution >= 4 is 34.7 Å². The minimum Gasteiger partial charge on any atom is -0.489 e. The number of carbonyl (C=O) groups is 2. The molecule has 32 heavy (non-hydrogen) atoms. The predicted octanol–water partition coefficient (Wildman–Crippen LogP) is 6.54. The number of nitrogens with zero attached hydrogens (tertiary/aromatic N) is 1. The largest absolute Gasteiger partial charge is 0.489 e.